The highest BCUT2D eigenvalue weighted by Crippen LogP contribution is 2.16. The Morgan fingerprint density at radius 1 is 1.17 bits per heavy atom. The first kappa shape index (κ1) is 16.0. The molecule has 2 aromatic carbocycles. The summed E-state index contributed by atoms with van der Waals surface area (Å²) >= 11 is 0. The number of rotatable bonds is 6. The number of hydrazone groups is 1. The molecule has 0 aromatic heterocycles. The van der Waals surface area contributed by atoms with Crippen LogP contribution in [0.3, 0.4) is 0 Å². The summed E-state index contributed by atoms with van der Waals surface area (Å²) in [6, 6.07) is 15.8. The highest BCUT2D eigenvalue weighted by atomic mass is 16.5. The minimum atomic E-state index is -0.370. The van der Waals surface area contributed by atoms with Gasteiger partial charge in [0.1, 0.15) is 11.5 Å². The number of methoxy groups -OCH3 is 1. The van der Waals surface area contributed by atoms with Crippen LogP contribution >= 0.6 is 0 Å². The van der Waals surface area contributed by atoms with Crippen LogP contribution in [0, 0.1) is 11.3 Å². The molecule has 1 amide bonds. The fourth-order valence-corrected chi connectivity index (χ4v) is 1.68. The van der Waals surface area contributed by atoms with Crippen molar-refractivity contribution in [2.24, 2.45) is 5.10 Å². The van der Waals surface area contributed by atoms with E-state index < -0.39 is 0 Å². The zero-order valence-electron chi connectivity index (χ0n) is 12.5. The number of nitriles is 1. The quantitative estimate of drug-likeness (QED) is 0.654. The summed E-state index contributed by atoms with van der Waals surface area (Å²) in [5, 5.41) is 12.5. The summed E-state index contributed by atoms with van der Waals surface area (Å²) in [7, 11) is 1.58. The van der Waals surface area contributed by atoms with Crippen molar-refractivity contribution in [1.29, 1.82) is 5.26 Å². The maximum atomic E-state index is 11.6. The van der Waals surface area contributed by atoms with Gasteiger partial charge in [0.15, 0.2) is 6.61 Å². The van der Waals surface area contributed by atoms with Crippen LogP contribution < -0.4 is 14.9 Å². The van der Waals surface area contributed by atoms with Crippen molar-refractivity contribution in [3.8, 4) is 17.6 Å². The first-order valence-corrected chi connectivity index (χ1v) is 6.80. The predicted molar refractivity (Wildman–Crippen MR) is 85.4 cm³/mol. The Hall–Kier alpha value is -3.33. The second-order valence-electron chi connectivity index (χ2n) is 4.49. The van der Waals surface area contributed by atoms with Gasteiger partial charge in [-0.05, 0) is 42.0 Å². The third kappa shape index (κ3) is 5.17. The van der Waals surface area contributed by atoms with Gasteiger partial charge in [0, 0.05) is 0 Å². The van der Waals surface area contributed by atoms with Gasteiger partial charge in [0.05, 0.1) is 25.0 Å². The van der Waals surface area contributed by atoms with E-state index in [0.29, 0.717) is 17.1 Å². The zero-order valence-corrected chi connectivity index (χ0v) is 12.5. The van der Waals surface area contributed by atoms with Gasteiger partial charge in [0.25, 0.3) is 5.91 Å². The van der Waals surface area contributed by atoms with Gasteiger partial charge in [-0.15, -0.1) is 0 Å². The molecule has 0 bridgehead atoms. The van der Waals surface area contributed by atoms with Crippen LogP contribution in [0.1, 0.15) is 11.1 Å². The molecule has 2 aromatic rings. The van der Waals surface area contributed by atoms with E-state index in [1.165, 1.54) is 6.21 Å². The Morgan fingerprint density at radius 2 is 1.83 bits per heavy atom. The van der Waals surface area contributed by atoms with Crippen molar-refractivity contribution < 1.29 is 14.3 Å². The standard InChI is InChI=1S/C17H15N3O3/c1-22-15-6-8-16(9-7-15)23-12-17(21)20-19-11-14-4-2-13(10-18)3-5-14/h2-9,11H,12H2,1H3,(H,20,21)/b19-11-. The van der Waals surface area contributed by atoms with Gasteiger partial charge in [-0.25, -0.2) is 5.43 Å². The normalized spacial score (nSPS) is 10.1. The highest BCUT2D eigenvalue weighted by molar-refractivity contribution is 5.83. The third-order valence-corrected chi connectivity index (χ3v) is 2.87. The molecule has 0 saturated carbocycles. The first-order chi connectivity index (χ1) is 11.2. The Morgan fingerprint density at radius 3 is 2.43 bits per heavy atom. The number of hydrogen-bond acceptors (Lipinski definition) is 5. The third-order valence-electron chi connectivity index (χ3n) is 2.87. The second-order valence-corrected chi connectivity index (χ2v) is 4.49. The molecule has 1 N–H and O–H groups in total. The molecule has 0 aliphatic heterocycles. The predicted octanol–water partition coefficient (Wildman–Crippen LogP) is 2.10. The lowest BCUT2D eigenvalue weighted by molar-refractivity contribution is -0.123. The maximum Gasteiger partial charge on any atom is 0.277 e. The monoisotopic (exact) mass is 309 g/mol. The fourth-order valence-electron chi connectivity index (χ4n) is 1.68. The smallest absolute Gasteiger partial charge is 0.277 e. The van der Waals surface area contributed by atoms with Gasteiger partial charge in [-0.3, -0.25) is 4.79 Å². The Balaban J connectivity index is 1.77. The largest absolute Gasteiger partial charge is 0.497 e. The van der Waals surface area contributed by atoms with Crippen LogP contribution in [0.4, 0.5) is 0 Å². The van der Waals surface area contributed by atoms with E-state index in [1.54, 1.807) is 55.6 Å². The van der Waals surface area contributed by atoms with Gasteiger partial charge in [-0.1, -0.05) is 12.1 Å². The molecule has 0 atom stereocenters. The van der Waals surface area contributed by atoms with Crippen LogP contribution in [0.2, 0.25) is 0 Å². The molecule has 0 fully saturated rings. The molecule has 0 spiro atoms. The van der Waals surface area contributed by atoms with Crippen LogP contribution in [-0.2, 0) is 4.79 Å². The minimum absolute atomic E-state index is 0.142. The summed E-state index contributed by atoms with van der Waals surface area (Å²) in [5.41, 5.74) is 3.72. The first-order valence-electron chi connectivity index (χ1n) is 6.80. The summed E-state index contributed by atoms with van der Waals surface area (Å²) < 4.78 is 10.4. The highest BCUT2D eigenvalue weighted by Gasteiger charge is 2.01. The number of benzene rings is 2. The van der Waals surface area contributed by atoms with Crippen molar-refractivity contribution >= 4 is 12.1 Å². The molecule has 0 unspecified atom stereocenters. The summed E-state index contributed by atoms with van der Waals surface area (Å²) in [4.78, 5) is 11.6. The second kappa shape index (κ2) is 8.20. The van der Waals surface area contributed by atoms with E-state index in [2.05, 4.69) is 10.5 Å². The van der Waals surface area contributed by atoms with Gasteiger partial charge >= 0.3 is 0 Å². The van der Waals surface area contributed by atoms with Crippen molar-refractivity contribution in [3.05, 3.63) is 59.7 Å². The molecule has 2 rings (SSSR count). The van der Waals surface area contributed by atoms with Crippen molar-refractivity contribution in [2.75, 3.05) is 13.7 Å². The van der Waals surface area contributed by atoms with E-state index in [0.717, 1.165) is 5.56 Å². The van der Waals surface area contributed by atoms with Crippen LogP contribution in [0.25, 0.3) is 0 Å². The molecule has 6 heteroatoms. The summed E-state index contributed by atoms with van der Waals surface area (Å²) in [5.74, 6) is 0.913. The molecule has 23 heavy (non-hydrogen) atoms. The number of nitrogens with one attached hydrogen (secondary N) is 1. The number of nitrogens with zero attached hydrogens (tertiary/aromatic N) is 2. The number of carbonyl (C=O) groups excluding carboxylic acids is 1. The Labute approximate surface area is 134 Å². The van der Waals surface area contributed by atoms with E-state index in [9.17, 15) is 4.79 Å². The molecule has 0 saturated heterocycles. The number of ether oxygens (including phenoxy) is 2. The zero-order chi connectivity index (χ0) is 16.5. The molecule has 6 nitrogen and oxygen atoms in total. The molecular formula is C17H15N3O3. The molecule has 0 heterocycles. The fraction of sp³-hybridized carbons (Fsp3) is 0.118. The van der Waals surface area contributed by atoms with Crippen LogP contribution in [0.15, 0.2) is 53.6 Å². The number of carbonyl (C=O) groups is 1. The number of hydrogen-bond donors (Lipinski definition) is 1. The topological polar surface area (TPSA) is 83.7 Å². The lowest BCUT2D eigenvalue weighted by atomic mass is 10.2. The summed E-state index contributed by atoms with van der Waals surface area (Å²) in [6.45, 7) is -0.142. The maximum absolute atomic E-state index is 11.6. The Kier molecular flexibility index (Phi) is 5.72. The van der Waals surface area contributed by atoms with E-state index in [1.807, 2.05) is 6.07 Å². The van der Waals surface area contributed by atoms with E-state index >= 15 is 0 Å². The average molecular weight is 309 g/mol. The van der Waals surface area contributed by atoms with Gasteiger partial charge in [-0.2, -0.15) is 10.4 Å². The molecule has 0 radical (unpaired) electrons. The lowest BCUT2D eigenvalue weighted by Gasteiger charge is -2.05. The summed E-state index contributed by atoms with van der Waals surface area (Å²) in [6.07, 6.45) is 1.49. The minimum Gasteiger partial charge on any atom is -0.497 e. The van der Waals surface area contributed by atoms with Gasteiger partial charge < -0.3 is 9.47 Å². The van der Waals surface area contributed by atoms with Crippen LogP contribution in [0.5, 0.6) is 11.5 Å². The molecule has 0 aliphatic carbocycles. The van der Waals surface area contributed by atoms with E-state index in [-0.39, 0.29) is 12.5 Å². The molecule has 116 valence electrons. The molecule has 0 aliphatic rings. The molecular weight excluding hydrogens is 294 g/mol. The average Bonchev–Trinajstić information content (AvgIpc) is 2.61. The van der Waals surface area contributed by atoms with E-state index in [4.69, 9.17) is 14.7 Å². The van der Waals surface area contributed by atoms with Crippen molar-refractivity contribution in [1.82, 2.24) is 5.43 Å². The van der Waals surface area contributed by atoms with Gasteiger partial charge in [0.2, 0.25) is 0 Å². The Bertz CT molecular complexity index is 716. The van der Waals surface area contributed by atoms with Crippen molar-refractivity contribution in [2.45, 2.75) is 0 Å². The van der Waals surface area contributed by atoms with Crippen LogP contribution in [-0.4, -0.2) is 25.8 Å². The lowest BCUT2D eigenvalue weighted by Crippen LogP contribution is -2.24. The van der Waals surface area contributed by atoms with Crippen molar-refractivity contribution in [3.63, 3.8) is 0 Å². The SMILES string of the molecule is COc1ccc(OCC(=O)N/N=C\c2ccc(C#N)cc2)cc1. The number of amides is 1.